The molecule has 2 rings (SSSR count). The predicted molar refractivity (Wildman–Crippen MR) is 72.9 cm³/mol. The zero-order valence-electron chi connectivity index (χ0n) is 10.4. The summed E-state index contributed by atoms with van der Waals surface area (Å²) in [5.41, 5.74) is 11.6. The lowest BCUT2D eigenvalue weighted by Gasteiger charge is -2.13. The maximum atomic E-state index is 6.07. The van der Waals surface area contributed by atoms with Gasteiger partial charge in [-0.15, -0.1) is 0 Å². The molecule has 17 heavy (non-hydrogen) atoms. The van der Waals surface area contributed by atoms with E-state index < -0.39 is 0 Å². The fourth-order valence-corrected chi connectivity index (χ4v) is 2.40. The molecule has 90 valence electrons. The Morgan fingerprint density at radius 1 is 1.18 bits per heavy atom. The van der Waals surface area contributed by atoms with E-state index in [4.69, 9.17) is 17.3 Å². The second kappa shape index (κ2) is 4.55. The minimum atomic E-state index is 0.569. The van der Waals surface area contributed by atoms with Crippen LogP contribution < -0.4 is 5.73 Å². The first-order chi connectivity index (χ1) is 8.04. The molecular formula is C14H17ClN2. The van der Waals surface area contributed by atoms with Crippen molar-refractivity contribution in [3.8, 4) is 5.69 Å². The molecule has 0 atom stereocenters. The summed E-state index contributed by atoms with van der Waals surface area (Å²) in [5.74, 6) is 0. The number of aryl methyl sites for hydroxylation is 2. The lowest BCUT2D eigenvalue weighted by Crippen LogP contribution is -2.03. The van der Waals surface area contributed by atoms with Crippen molar-refractivity contribution < 1.29 is 0 Å². The molecular weight excluding hydrogens is 232 g/mol. The molecule has 1 heterocycles. The van der Waals surface area contributed by atoms with Crippen LogP contribution in [0.3, 0.4) is 0 Å². The van der Waals surface area contributed by atoms with Crippen molar-refractivity contribution in [1.82, 2.24) is 4.57 Å². The largest absolute Gasteiger partial charge is 0.326 e. The zero-order valence-corrected chi connectivity index (χ0v) is 11.2. The molecule has 0 saturated carbocycles. The SMILES string of the molecule is Cc1ccc(Cl)cc1-n1c(C)cc(CN)c1C. The third-order valence-corrected chi connectivity index (χ3v) is 3.40. The Labute approximate surface area is 107 Å². The van der Waals surface area contributed by atoms with Crippen LogP contribution in [-0.4, -0.2) is 4.57 Å². The monoisotopic (exact) mass is 248 g/mol. The molecule has 0 aliphatic carbocycles. The van der Waals surface area contributed by atoms with Crippen LogP contribution in [-0.2, 0) is 6.54 Å². The lowest BCUT2D eigenvalue weighted by atomic mass is 10.2. The Kier molecular flexibility index (Phi) is 3.27. The van der Waals surface area contributed by atoms with Crippen LogP contribution in [0.5, 0.6) is 0 Å². The van der Waals surface area contributed by atoms with E-state index in [-0.39, 0.29) is 0 Å². The summed E-state index contributed by atoms with van der Waals surface area (Å²) < 4.78 is 2.21. The predicted octanol–water partition coefficient (Wildman–Crippen LogP) is 3.51. The summed E-state index contributed by atoms with van der Waals surface area (Å²) in [6.07, 6.45) is 0. The topological polar surface area (TPSA) is 30.9 Å². The van der Waals surface area contributed by atoms with Crippen molar-refractivity contribution in [2.24, 2.45) is 5.73 Å². The van der Waals surface area contributed by atoms with Gasteiger partial charge in [0.2, 0.25) is 0 Å². The number of hydrogen-bond acceptors (Lipinski definition) is 1. The Hall–Kier alpha value is -1.25. The summed E-state index contributed by atoms with van der Waals surface area (Å²) >= 11 is 6.07. The number of halogens is 1. The van der Waals surface area contributed by atoms with E-state index in [1.807, 2.05) is 18.2 Å². The van der Waals surface area contributed by atoms with Crippen molar-refractivity contribution >= 4 is 11.6 Å². The molecule has 0 saturated heterocycles. The van der Waals surface area contributed by atoms with Crippen molar-refractivity contribution in [1.29, 1.82) is 0 Å². The summed E-state index contributed by atoms with van der Waals surface area (Å²) in [6, 6.07) is 8.09. The second-order valence-electron chi connectivity index (χ2n) is 4.37. The molecule has 2 nitrogen and oxygen atoms in total. The number of rotatable bonds is 2. The van der Waals surface area contributed by atoms with Crippen LogP contribution in [0.1, 0.15) is 22.5 Å². The van der Waals surface area contributed by atoms with Gasteiger partial charge in [-0.3, -0.25) is 0 Å². The minimum absolute atomic E-state index is 0.569. The molecule has 2 aromatic rings. The molecule has 0 bridgehead atoms. The molecule has 2 N–H and O–H groups in total. The van der Waals surface area contributed by atoms with Crippen molar-refractivity contribution in [2.75, 3.05) is 0 Å². The summed E-state index contributed by atoms with van der Waals surface area (Å²) in [6.45, 7) is 6.84. The first-order valence-electron chi connectivity index (χ1n) is 5.69. The van der Waals surface area contributed by atoms with Gasteiger partial charge in [-0.05, 0) is 50.1 Å². The fourth-order valence-electron chi connectivity index (χ4n) is 2.23. The van der Waals surface area contributed by atoms with E-state index in [0.717, 1.165) is 10.7 Å². The quantitative estimate of drug-likeness (QED) is 0.866. The highest BCUT2D eigenvalue weighted by Gasteiger charge is 2.11. The van der Waals surface area contributed by atoms with Gasteiger partial charge in [0.1, 0.15) is 0 Å². The lowest BCUT2D eigenvalue weighted by molar-refractivity contribution is 0.935. The molecule has 0 unspecified atom stereocenters. The number of aromatic nitrogens is 1. The minimum Gasteiger partial charge on any atom is -0.326 e. The molecule has 1 aromatic heterocycles. The van der Waals surface area contributed by atoms with E-state index in [0.29, 0.717) is 6.54 Å². The van der Waals surface area contributed by atoms with Gasteiger partial charge in [-0.1, -0.05) is 17.7 Å². The standard InChI is InChI=1S/C14H17ClN2/c1-9-4-5-13(15)7-14(9)17-10(2)6-12(8-16)11(17)3/h4-7H,8,16H2,1-3H3. The highest BCUT2D eigenvalue weighted by Crippen LogP contribution is 2.25. The number of nitrogens with two attached hydrogens (primary N) is 1. The van der Waals surface area contributed by atoms with Gasteiger partial charge in [0.25, 0.3) is 0 Å². The maximum absolute atomic E-state index is 6.07. The van der Waals surface area contributed by atoms with E-state index in [9.17, 15) is 0 Å². The van der Waals surface area contributed by atoms with E-state index in [1.54, 1.807) is 0 Å². The van der Waals surface area contributed by atoms with Gasteiger partial charge >= 0.3 is 0 Å². The fraction of sp³-hybridized carbons (Fsp3) is 0.286. The number of nitrogens with zero attached hydrogens (tertiary/aromatic N) is 1. The maximum Gasteiger partial charge on any atom is 0.0499 e. The first-order valence-corrected chi connectivity index (χ1v) is 6.06. The van der Waals surface area contributed by atoms with Crippen LogP contribution in [0.2, 0.25) is 5.02 Å². The van der Waals surface area contributed by atoms with Gasteiger partial charge < -0.3 is 10.3 Å². The highest BCUT2D eigenvalue weighted by atomic mass is 35.5. The molecule has 3 heteroatoms. The summed E-state index contributed by atoms with van der Waals surface area (Å²) in [5, 5.41) is 0.757. The Morgan fingerprint density at radius 2 is 1.88 bits per heavy atom. The molecule has 0 fully saturated rings. The third kappa shape index (κ3) is 2.11. The highest BCUT2D eigenvalue weighted by molar-refractivity contribution is 6.30. The van der Waals surface area contributed by atoms with Crippen LogP contribution in [0.15, 0.2) is 24.3 Å². The van der Waals surface area contributed by atoms with Crippen molar-refractivity contribution in [2.45, 2.75) is 27.3 Å². The molecule has 1 aromatic carbocycles. The third-order valence-electron chi connectivity index (χ3n) is 3.17. The molecule has 0 aliphatic rings. The smallest absolute Gasteiger partial charge is 0.0499 e. The Morgan fingerprint density at radius 3 is 2.47 bits per heavy atom. The van der Waals surface area contributed by atoms with Gasteiger partial charge in [0.15, 0.2) is 0 Å². The number of hydrogen-bond donors (Lipinski definition) is 1. The van der Waals surface area contributed by atoms with Crippen LogP contribution >= 0.6 is 11.6 Å². The van der Waals surface area contributed by atoms with E-state index >= 15 is 0 Å². The van der Waals surface area contributed by atoms with Gasteiger partial charge in [-0.25, -0.2) is 0 Å². The molecule has 0 amide bonds. The van der Waals surface area contributed by atoms with Gasteiger partial charge in [0.05, 0.1) is 0 Å². The Balaban J connectivity index is 2.68. The van der Waals surface area contributed by atoms with Crippen LogP contribution in [0, 0.1) is 20.8 Å². The molecule has 0 spiro atoms. The summed E-state index contributed by atoms with van der Waals surface area (Å²) in [4.78, 5) is 0. The first kappa shape index (κ1) is 12.2. The average molecular weight is 249 g/mol. The van der Waals surface area contributed by atoms with Crippen LogP contribution in [0.25, 0.3) is 5.69 Å². The average Bonchev–Trinajstić information content (AvgIpc) is 2.58. The van der Waals surface area contributed by atoms with Crippen molar-refractivity contribution in [3.05, 3.63) is 51.8 Å². The van der Waals surface area contributed by atoms with Crippen LogP contribution in [0.4, 0.5) is 0 Å². The second-order valence-corrected chi connectivity index (χ2v) is 4.80. The zero-order chi connectivity index (χ0) is 12.6. The number of benzene rings is 1. The summed E-state index contributed by atoms with van der Waals surface area (Å²) in [7, 11) is 0. The normalized spacial score (nSPS) is 10.9. The van der Waals surface area contributed by atoms with Gasteiger partial charge in [0, 0.05) is 28.6 Å². The Bertz CT molecular complexity index is 556. The van der Waals surface area contributed by atoms with E-state index in [2.05, 4.69) is 31.4 Å². The van der Waals surface area contributed by atoms with Gasteiger partial charge in [-0.2, -0.15) is 0 Å². The molecule has 0 radical (unpaired) electrons. The van der Waals surface area contributed by atoms with Crippen molar-refractivity contribution in [3.63, 3.8) is 0 Å². The van der Waals surface area contributed by atoms with E-state index in [1.165, 1.54) is 22.5 Å². The molecule has 0 aliphatic heterocycles.